The molecule has 58 heavy (non-hydrogen) atoms. The van der Waals surface area contributed by atoms with Gasteiger partial charge in [0.1, 0.15) is 12.7 Å². The van der Waals surface area contributed by atoms with Gasteiger partial charge in [0, 0.05) is 12.8 Å². The van der Waals surface area contributed by atoms with E-state index in [2.05, 4.69) is 42.0 Å². The van der Waals surface area contributed by atoms with Crippen LogP contribution >= 0.6 is 15.6 Å². The highest BCUT2D eigenvalue weighted by atomic mass is 31.2. The third-order valence-corrected chi connectivity index (χ3v) is 10.2. The molecule has 0 heterocycles. The quantitative estimate of drug-likeness (QED) is 0.0128. The number of rotatable bonds is 39. The molecule has 0 aromatic heterocycles. The summed E-state index contributed by atoms with van der Waals surface area (Å²) in [6, 6.07) is 0. The molecule has 0 aliphatic rings. The SMILES string of the molecule is CCCCC/C=C\C/C=C\CC(O)/C=C\C=C\CCCC(=O)OC[C@H](COP(=O)(O)OC[C@@H](O)COP(=O)(O)O)OC(=O)CCCCCCCCCCCCC(C)C. The number of carbonyl (C=O) groups is 2. The Kier molecular flexibility index (Phi) is 35.6. The van der Waals surface area contributed by atoms with Gasteiger partial charge in [0.25, 0.3) is 0 Å². The molecule has 0 rings (SSSR count). The summed E-state index contributed by atoms with van der Waals surface area (Å²) in [6.45, 7) is 3.84. The molecule has 2 unspecified atom stereocenters. The van der Waals surface area contributed by atoms with Crippen molar-refractivity contribution in [2.45, 2.75) is 174 Å². The summed E-state index contributed by atoms with van der Waals surface area (Å²) >= 11 is 0. The molecule has 0 amide bonds. The van der Waals surface area contributed by atoms with E-state index in [9.17, 15) is 33.8 Å². The van der Waals surface area contributed by atoms with Gasteiger partial charge >= 0.3 is 27.6 Å². The van der Waals surface area contributed by atoms with Crippen molar-refractivity contribution in [1.29, 1.82) is 0 Å². The topological polar surface area (TPSA) is 216 Å². The van der Waals surface area contributed by atoms with Crippen LogP contribution < -0.4 is 0 Å². The Morgan fingerprint density at radius 1 is 0.621 bits per heavy atom. The molecule has 0 fully saturated rings. The lowest BCUT2D eigenvalue weighted by Gasteiger charge is -2.20. The van der Waals surface area contributed by atoms with Crippen LogP contribution in [0.15, 0.2) is 48.6 Å². The Morgan fingerprint density at radius 2 is 1.21 bits per heavy atom. The van der Waals surface area contributed by atoms with Crippen molar-refractivity contribution in [1.82, 2.24) is 0 Å². The molecular weight excluding hydrogens is 790 g/mol. The first-order valence-corrected chi connectivity index (χ1v) is 24.3. The minimum atomic E-state index is -4.88. The van der Waals surface area contributed by atoms with Gasteiger partial charge < -0.3 is 34.4 Å². The normalized spacial score (nSPS) is 15.2. The summed E-state index contributed by atoms with van der Waals surface area (Å²) in [5, 5.41) is 19.9. The Labute approximate surface area is 348 Å². The fourth-order valence-electron chi connectivity index (χ4n) is 5.43. The highest BCUT2D eigenvalue weighted by Crippen LogP contribution is 2.43. The minimum absolute atomic E-state index is 0.0599. The molecule has 0 radical (unpaired) electrons. The largest absolute Gasteiger partial charge is 0.472 e. The molecule has 5 N–H and O–H groups in total. The number of hydrogen-bond acceptors (Lipinski definition) is 11. The van der Waals surface area contributed by atoms with E-state index in [-0.39, 0.29) is 12.8 Å². The Balaban J connectivity index is 4.70. The molecular formula is C42H76O14P2. The maximum atomic E-state index is 12.6. The van der Waals surface area contributed by atoms with Gasteiger partial charge in [-0.25, -0.2) is 9.13 Å². The minimum Gasteiger partial charge on any atom is -0.462 e. The lowest BCUT2D eigenvalue weighted by atomic mass is 10.0. The predicted octanol–water partition coefficient (Wildman–Crippen LogP) is 9.50. The van der Waals surface area contributed by atoms with Gasteiger partial charge in [-0.3, -0.25) is 23.2 Å². The van der Waals surface area contributed by atoms with Crippen LogP contribution in [0.4, 0.5) is 0 Å². The van der Waals surface area contributed by atoms with Crippen molar-refractivity contribution < 1.29 is 66.7 Å². The van der Waals surface area contributed by atoms with Crippen LogP contribution in [-0.4, -0.2) is 81.6 Å². The van der Waals surface area contributed by atoms with Crippen molar-refractivity contribution in [3.8, 4) is 0 Å². The number of unbranched alkanes of at least 4 members (excludes halogenated alkanes) is 13. The molecule has 0 aliphatic heterocycles. The number of ether oxygens (including phenoxy) is 2. The molecule has 0 aliphatic carbocycles. The molecule has 0 aromatic rings. The average Bonchev–Trinajstić information content (AvgIpc) is 3.16. The van der Waals surface area contributed by atoms with E-state index in [1.165, 1.54) is 57.8 Å². The van der Waals surface area contributed by atoms with Gasteiger partial charge in [-0.15, -0.1) is 0 Å². The number of phosphoric ester groups is 2. The summed E-state index contributed by atoms with van der Waals surface area (Å²) in [6.07, 6.45) is 31.5. The van der Waals surface area contributed by atoms with Gasteiger partial charge in [0.2, 0.25) is 0 Å². The molecule has 338 valence electrons. The molecule has 14 nitrogen and oxygen atoms in total. The Hall–Kier alpha value is -1.96. The third-order valence-electron chi connectivity index (χ3n) is 8.72. The van der Waals surface area contributed by atoms with E-state index in [1.54, 1.807) is 18.2 Å². The first-order valence-electron chi connectivity index (χ1n) is 21.3. The lowest BCUT2D eigenvalue weighted by Crippen LogP contribution is -2.30. The summed E-state index contributed by atoms with van der Waals surface area (Å²) < 4.78 is 47.6. The number of esters is 2. The molecule has 4 atom stereocenters. The number of phosphoric acid groups is 2. The molecule has 0 saturated carbocycles. The van der Waals surface area contributed by atoms with Gasteiger partial charge in [0.05, 0.1) is 25.9 Å². The molecule has 16 heteroatoms. The van der Waals surface area contributed by atoms with Crippen molar-refractivity contribution >= 4 is 27.6 Å². The van der Waals surface area contributed by atoms with Crippen molar-refractivity contribution in [2.24, 2.45) is 5.92 Å². The average molecular weight is 867 g/mol. The number of carbonyl (C=O) groups excluding carboxylic acids is 2. The van der Waals surface area contributed by atoms with Crippen LogP contribution in [0.3, 0.4) is 0 Å². The van der Waals surface area contributed by atoms with Crippen LogP contribution in [0.1, 0.15) is 156 Å². The second-order valence-electron chi connectivity index (χ2n) is 14.9. The molecule has 0 bridgehead atoms. The standard InChI is InChI=1S/C42H76O14P2/c1-4-5-6-7-8-11-15-19-24-29-38(43)30-25-20-17-22-26-31-41(45)52-35-40(36-55-58(50,51)54-34-39(44)33-53-57(47,48)49)56-42(46)32-27-21-16-13-10-9-12-14-18-23-28-37(2)3/h8,11,17,19-20,24-25,30,37-40,43-44H,4-7,9-10,12-16,18,21-23,26-29,31-36H2,1-3H3,(H,50,51)(H2,47,48,49)/b11-8-,20-17+,24-19-,30-25-/t38?,39-,40+/m0/s1. The van der Waals surface area contributed by atoms with Crippen LogP contribution in [0.2, 0.25) is 0 Å². The van der Waals surface area contributed by atoms with Gasteiger partial charge in [-0.1, -0.05) is 146 Å². The highest BCUT2D eigenvalue weighted by molar-refractivity contribution is 7.47. The lowest BCUT2D eigenvalue weighted by molar-refractivity contribution is -0.161. The van der Waals surface area contributed by atoms with E-state index < -0.39 is 72.3 Å². The smallest absolute Gasteiger partial charge is 0.462 e. The van der Waals surface area contributed by atoms with E-state index in [0.717, 1.165) is 44.4 Å². The second-order valence-corrected chi connectivity index (χ2v) is 17.6. The highest BCUT2D eigenvalue weighted by Gasteiger charge is 2.28. The zero-order chi connectivity index (χ0) is 43.3. The van der Waals surface area contributed by atoms with E-state index in [0.29, 0.717) is 25.7 Å². The third kappa shape index (κ3) is 40.8. The Morgan fingerprint density at radius 3 is 1.86 bits per heavy atom. The summed E-state index contributed by atoms with van der Waals surface area (Å²) in [7, 11) is -9.71. The monoisotopic (exact) mass is 866 g/mol. The zero-order valence-electron chi connectivity index (χ0n) is 35.4. The second kappa shape index (κ2) is 36.9. The maximum Gasteiger partial charge on any atom is 0.472 e. The van der Waals surface area contributed by atoms with Gasteiger partial charge in [0.15, 0.2) is 6.10 Å². The van der Waals surface area contributed by atoms with E-state index in [4.69, 9.17) is 23.8 Å². The Bertz CT molecular complexity index is 1250. The van der Waals surface area contributed by atoms with Crippen molar-refractivity contribution in [3.05, 3.63) is 48.6 Å². The van der Waals surface area contributed by atoms with Crippen LogP contribution in [-0.2, 0) is 41.8 Å². The fourth-order valence-corrected chi connectivity index (χ4v) is 6.58. The van der Waals surface area contributed by atoms with E-state index >= 15 is 0 Å². The maximum absolute atomic E-state index is 12.6. The number of allylic oxidation sites excluding steroid dienone is 6. The number of aliphatic hydroxyl groups excluding tert-OH is 2. The molecule has 0 saturated heterocycles. The van der Waals surface area contributed by atoms with Crippen LogP contribution in [0.25, 0.3) is 0 Å². The molecule has 0 aromatic carbocycles. The number of aliphatic hydroxyl groups is 2. The van der Waals surface area contributed by atoms with E-state index in [1.807, 2.05) is 18.2 Å². The molecule has 0 spiro atoms. The predicted molar refractivity (Wildman–Crippen MR) is 227 cm³/mol. The van der Waals surface area contributed by atoms with Gasteiger partial charge in [-0.2, -0.15) is 0 Å². The zero-order valence-corrected chi connectivity index (χ0v) is 37.2. The number of hydrogen-bond donors (Lipinski definition) is 5. The van der Waals surface area contributed by atoms with Crippen molar-refractivity contribution in [3.63, 3.8) is 0 Å². The first kappa shape index (κ1) is 56.0. The summed E-state index contributed by atoms with van der Waals surface area (Å²) in [4.78, 5) is 52.6. The van der Waals surface area contributed by atoms with Crippen LogP contribution in [0, 0.1) is 5.92 Å². The summed E-state index contributed by atoms with van der Waals surface area (Å²) in [5.41, 5.74) is 0. The summed E-state index contributed by atoms with van der Waals surface area (Å²) in [5.74, 6) is -0.404. The van der Waals surface area contributed by atoms with Crippen LogP contribution in [0.5, 0.6) is 0 Å². The first-order chi connectivity index (χ1) is 27.6. The van der Waals surface area contributed by atoms with Crippen molar-refractivity contribution in [2.75, 3.05) is 26.4 Å². The fraction of sp³-hybridized carbons (Fsp3) is 0.762. The van der Waals surface area contributed by atoms with Gasteiger partial charge in [-0.05, 0) is 50.9 Å².